The highest BCUT2D eigenvalue weighted by Gasteiger charge is 2.02. The SMILES string of the molecule is CC(C)OCN(C)C(C)C. The fourth-order valence-corrected chi connectivity index (χ4v) is 0.416. The largest absolute Gasteiger partial charge is 0.363 e. The molecular formula is C8H19NO. The van der Waals surface area contributed by atoms with Gasteiger partial charge >= 0.3 is 0 Å². The quantitative estimate of drug-likeness (QED) is 0.558. The molecule has 0 aromatic rings. The third-order valence-corrected chi connectivity index (χ3v) is 1.49. The lowest BCUT2D eigenvalue weighted by atomic mass is 10.4. The lowest BCUT2D eigenvalue weighted by molar-refractivity contribution is -0.00689. The van der Waals surface area contributed by atoms with E-state index < -0.39 is 0 Å². The zero-order valence-corrected chi connectivity index (χ0v) is 7.72. The molecule has 0 heterocycles. The maximum atomic E-state index is 5.39. The third-order valence-electron chi connectivity index (χ3n) is 1.49. The fourth-order valence-electron chi connectivity index (χ4n) is 0.416. The van der Waals surface area contributed by atoms with Gasteiger partial charge in [0, 0.05) is 6.04 Å². The van der Waals surface area contributed by atoms with Crippen molar-refractivity contribution in [2.75, 3.05) is 13.8 Å². The van der Waals surface area contributed by atoms with Crippen molar-refractivity contribution < 1.29 is 4.74 Å². The van der Waals surface area contributed by atoms with E-state index in [-0.39, 0.29) is 0 Å². The average Bonchev–Trinajstić information content (AvgIpc) is 1.82. The topological polar surface area (TPSA) is 12.5 Å². The van der Waals surface area contributed by atoms with E-state index in [4.69, 9.17) is 4.74 Å². The standard InChI is InChI=1S/C8H19NO/c1-7(2)9(5)6-10-8(3)4/h7-8H,6H2,1-5H3. The van der Waals surface area contributed by atoms with Crippen LogP contribution >= 0.6 is 0 Å². The Balaban J connectivity index is 3.30. The van der Waals surface area contributed by atoms with Crippen LogP contribution in [0.25, 0.3) is 0 Å². The highest BCUT2D eigenvalue weighted by molar-refractivity contribution is 4.50. The van der Waals surface area contributed by atoms with E-state index in [1.54, 1.807) is 0 Å². The summed E-state index contributed by atoms with van der Waals surface area (Å²) in [6, 6.07) is 0.568. The summed E-state index contributed by atoms with van der Waals surface area (Å²) >= 11 is 0. The maximum Gasteiger partial charge on any atom is 0.0993 e. The maximum absolute atomic E-state index is 5.39. The third kappa shape index (κ3) is 4.77. The van der Waals surface area contributed by atoms with Gasteiger partial charge in [-0.05, 0) is 34.7 Å². The van der Waals surface area contributed by atoms with Gasteiger partial charge in [-0.15, -0.1) is 0 Å². The molecule has 0 bridgehead atoms. The highest BCUT2D eigenvalue weighted by atomic mass is 16.5. The van der Waals surface area contributed by atoms with Crippen LogP contribution in [-0.4, -0.2) is 30.8 Å². The molecule has 0 aromatic heterocycles. The van der Waals surface area contributed by atoms with E-state index in [2.05, 4.69) is 25.8 Å². The van der Waals surface area contributed by atoms with Crippen LogP contribution in [0, 0.1) is 0 Å². The molecule has 0 saturated heterocycles. The molecule has 10 heavy (non-hydrogen) atoms. The van der Waals surface area contributed by atoms with Crippen molar-refractivity contribution in [3.63, 3.8) is 0 Å². The van der Waals surface area contributed by atoms with Gasteiger partial charge in [-0.3, -0.25) is 4.90 Å². The van der Waals surface area contributed by atoms with Gasteiger partial charge in [0.25, 0.3) is 0 Å². The van der Waals surface area contributed by atoms with E-state index in [0.29, 0.717) is 12.1 Å². The van der Waals surface area contributed by atoms with Crippen LogP contribution < -0.4 is 0 Å². The first-order valence-electron chi connectivity index (χ1n) is 3.86. The molecule has 0 aliphatic carbocycles. The van der Waals surface area contributed by atoms with E-state index in [9.17, 15) is 0 Å². The van der Waals surface area contributed by atoms with Crippen LogP contribution in [0.2, 0.25) is 0 Å². The summed E-state index contributed by atoms with van der Waals surface area (Å²) in [7, 11) is 2.06. The summed E-state index contributed by atoms with van der Waals surface area (Å²) in [6.45, 7) is 9.14. The van der Waals surface area contributed by atoms with Gasteiger partial charge < -0.3 is 4.74 Å². The van der Waals surface area contributed by atoms with Crippen LogP contribution in [0.3, 0.4) is 0 Å². The number of rotatable bonds is 4. The summed E-state index contributed by atoms with van der Waals surface area (Å²) in [6.07, 6.45) is 0.334. The smallest absolute Gasteiger partial charge is 0.0993 e. The van der Waals surface area contributed by atoms with Crippen molar-refractivity contribution in [1.82, 2.24) is 4.90 Å². The van der Waals surface area contributed by atoms with Crippen molar-refractivity contribution in [3.8, 4) is 0 Å². The molecule has 2 heteroatoms. The van der Waals surface area contributed by atoms with Gasteiger partial charge in [-0.1, -0.05) is 0 Å². The summed E-state index contributed by atoms with van der Waals surface area (Å²) < 4.78 is 5.39. The van der Waals surface area contributed by atoms with Crippen molar-refractivity contribution in [3.05, 3.63) is 0 Å². The number of ether oxygens (including phenoxy) is 1. The summed E-state index contributed by atoms with van der Waals surface area (Å²) in [5, 5.41) is 0. The minimum absolute atomic E-state index is 0.334. The molecule has 0 aromatic carbocycles. The Labute approximate surface area is 64.2 Å². The molecule has 0 unspecified atom stereocenters. The van der Waals surface area contributed by atoms with E-state index in [1.807, 2.05) is 13.8 Å². The van der Waals surface area contributed by atoms with Crippen molar-refractivity contribution in [2.45, 2.75) is 39.8 Å². The van der Waals surface area contributed by atoms with Crippen LogP contribution in [-0.2, 0) is 4.74 Å². The lowest BCUT2D eigenvalue weighted by Gasteiger charge is -2.21. The summed E-state index contributed by atoms with van der Waals surface area (Å²) in [4.78, 5) is 2.17. The number of nitrogens with zero attached hydrogens (tertiary/aromatic N) is 1. The van der Waals surface area contributed by atoms with Crippen LogP contribution in [0.5, 0.6) is 0 Å². The molecule has 0 aliphatic heterocycles. The Morgan fingerprint density at radius 2 is 1.70 bits per heavy atom. The van der Waals surface area contributed by atoms with E-state index >= 15 is 0 Å². The molecule has 62 valence electrons. The molecule has 0 atom stereocenters. The Hall–Kier alpha value is -0.0800. The Bertz CT molecular complexity index is 81.3. The Morgan fingerprint density at radius 3 is 2.00 bits per heavy atom. The molecule has 0 amide bonds. The van der Waals surface area contributed by atoms with Gasteiger partial charge in [0.15, 0.2) is 0 Å². The minimum atomic E-state index is 0.334. The monoisotopic (exact) mass is 145 g/mol. The minimum Gasteiger partial charge on any atom is -0.363 e. The normalized spacial score (nSPS) is 12.0. The molecule has 2 nitrogen and oxygen atoms in total. The number of hydrogen-bond acceptors (Lipinski definition) is 2. The van der Waals surface area contributed by atoms with Crippen LogP contribution in [0.15, 0.2) is 0 Å². The van der Waals surface area contributed by atoms with Crippen molar-refractivity contribution in [2.24, 2.45) is 0 Å². The lowest BCUT2D eigenvalue weighted by Crippen LogP contribution is -2.30. The summed E-state index contributed by atoms with van der Waals surface area (Å²) in [5.41, 5.74) is 0. The second-order valence-corrected chi connectivity index (χ2v) is 3.20. The van der Waals surface area contributed by atoms with E-state index in [1.165, 1.54) is 0 Å². The first-order chi connectivity index (χ1) is 4.54. The molecule has 0 aliphatic rings. The first-order valence-corrected chi connectivity index (χ1v) is 3.86. The average molecular weight is 145 g/mol. The molecule has 0 rings (SSSR count). The summed E-state index contributed by atoms with van der Waals surface area (Å²) in [5.74, 6) is 0. The molecule has 0 radical (unpaired) electrons. The van der Waals surface area contributed by atoms with Gasteiger partial charge in [-0.2, -0.15) is 0 Å². The van der Waals surface area contributed by atoms with Gasteiger partial charge in [0.1, 0.15) is 0 Å². The van der Waals surface area contributed by atoms with Gasteiger partial charge in [-0.25, -0.2) is 0 Å². The fraction of sp³-hybridized carbons (Fsp3) is 1.00. The van der Waals surface area contributed by atoms with E-state index in [0.717, 1.165) is 6.73 Å². The number of hydrogen-bond donors (Lipinski definition) is 0. The Morgan fingerprint density at radius 1 is 1.20 bits per heavy atom. The van der Waals surface area contributed by atoms with Crippen molar-refractivity contribution in [1.29, 1.82) is 0 Å². The van der Waals surface area contributed by atoms with Gasteiger partial charge in [0.05, 0.1) is 12.8 Å². The second-order valence-electron chi connectivity index (χ2n) is 3.20. The first kappa shape index (κ1) is 9.92. The zero-order valence-electron chi connectivity index (χ0n) is 7.72. The second kappa shape index (κ2) is 4.69. The Kier molecular flexibility index (Phi) is 4.65. The molecule has 0 spiro atoms. The molecule has 0 N–H and O–H groups in total. The highest BCUT2D eigenvalue weighted by Crippen LogP contribution is 1.95. The van der Waals surface area contributed by atoms with Gasteiger partial charge in [0.2, 0.25) is 0 Å². The molecule has 0 saturated carbocycles. The predicted octanol–water partition coefficient (Wildman–Crippen LogP) is 1.71. The molecule has 0 fully saturated rings. The van der Waals surface area contributed by atoms with Crippen LogP contribution in [0.1, 0.15) is 27.7 Å². The predicted molar refractivity (Wildman–Crippen MR) is 44.0 cm³/mol. The zero-order chi connectivity index (χ0) is 8.15. The van der Waals surface area contributed by atoms with Crippen LogP contribution in [0.4, 0.5) is 0 Å². The van der Waals surface area contributed by atoms with Crippen molar-refractivity contribution >= 4 is 0 Å². The molecular weight excluding hydrogens is 126 g/mol.